The molecule has 0 radical (unpaired) electrons. The topological polar surface area (TPSA) is 58.4 Å². The Kier molecular flexibility index (Phi) is 5.46. The van der Waals surface area contributed by atoms with Crippen LogP contribution in [0, 0.1) is 0 Å². The lowest BCUT2D eigenvalue weighted by atomic mass is 10.2. The first kappa shape index (κ1) is 19.0. The van der Waals surface area contributed by atoms with E-state index in [-0.39, 0.29) is 22.0 Å². The van der Waals surface area contributed by atoms with Gasteiger partial charge in [0.2, 0.25) is 5.91 Å². The minimum absolute atomic E-state index is 0.00414. The Morgan fingerprint density at radius 1 is 1.23 bits per heavy atom. The highest BCUT2D eigenvalue weighted by molar-refractivity contribution is 6.36. The van der Waals surface area contributed by atoms with Crippen molar-refractivity contribution in [1.29, 1.82) is 0 Å². The second kappa shape index (κ2) is 7.47. The molecule has 0 N–H and O–H groups in total. The highest BCUT2D eigenvalue weighted by atomic mass is 35.5. The average Bonchev–Trinajstić information content (AvgIpc) is 3.06. The summed E-state index contributed by atoms with van der Waals surface area (Å²) in [6.45, 7) is 0.636. The summed E-state index contributed by atoms with van der Waals surface area (Å²) < 4.78 is 1.13. The molecular weight excluding hydrogens is 399 g/mol. The van der Waals surface area contributed by atoms with Crippen LogP contribution in [0.4, 0.5) is 5.69 Å². The molecule has 0 spiro atoms. The van der Waals surface area contributed by atoms with Crippen molar-refractivity contribution in [3.63, 3.8) is 0 Å². The summed E-state index contributed by atoms with van der Waals surface area (Å²) in [5.74, 6) is -0.0245. The largest absolute Gasteiger partial charge is 0.357 e. The van der Waals surface area contributed by atoms with Gasteiger partial charge in [0.25, 0.3) is 5.56 Å². The van der Waals surface area contributed by atoms with Crippen LogP contribution in [-0.4, -0.2) is 47.3 Å². The van der Waals surface area contributed by atoms with Gasteiger partial charge in [-0.15, -0.1) is 0 Å². The van der Waals surface area contributed by atoms with E-state index in [0.717, 1.165) is 11.1 Å². The summed E-state index contributed by atoms with van der Waals surface area (Å²) >= 11 is 18.4. The van der Waals surface area contributed by atoms with E-state index in [9.17, 15) is 9.59 Å². The van der Waals surface area contributed by atoms with Crippen LogP contribution in [0.25, 0.3) is 5.69 Å². The lowest BCUT2D eigenvalue weighted by Crippen LogP contribution is -2.43. The minimum Gasteiger partial charge on any atom is -0.357 e. The predicted octanol–water partition coefficient (Wildman–Crippen LogP) is 3.25. The highest BCUT2D eigenvalue weighted by Crippen LogP contribution is 2.31. The van der Waals surface area contributed by atoms with Crippen LogP contribution in [0.15, 0.2) is 29.2 Å². The van der Waals surface area contributed by atoms with E-state index in [1.165, 1.54) is 12.3 Å². The van der Waals surface area contributed by atoms with Crippen LogP contribution in [0.1, 0.15) is 12.8 Å². The quantitative estimate of drug-likeness (QED) is 0.772. The zero-order valence-corrected chi connectivity index (χ0v) is 16.5. The predicted molar refractivity (Wildman–Crippen MR) is 104 cm³/mol. The number of hydrogen-bond acceptors (Lipinski definition) is 4. The first-order chi connectivity index (χ1) is 12.3. The first-order valence-electron chi connectivity index (χ1n) is 8.02. The van der Waals surface area contributed by atoms with Crippen molar-refractivity contribution in [3.8, 4) is 5.69 Å². The standard InChI is InChI=1S/C17H17Cl3N4O2/c1-22(2)16(25)13-4-3-7-23(13)14-9-21-24(17(26)15(14)20)12-6-5-10(18)8-11(12)19/h5-6,8-9,13H,3-4,7H2,1-2H3. The zero-order valence-electron chi connectivity index (χ0n) is 14.2. The fraction of sp³-hybridized carbons (Fsp3) is 0.353. The van der Waals surface area contributed by atoms with Crippen molar-refractivity contribution in [3.05, 3.63) is 49.8 Å². The Morgan fingerprint density at radius 2 is 1.96 bits per heavy atom. The molecule has 1 aliphatic rings. The third-order valence-corrected chi connectivity index (χ3v) is 5.22. The second-order valence-electron chi connectivity index (χ2n) is 6.24. The molecule has 138 valence electrons. The number of benzene rings is 1. The molecule has 3 rings (SSSR count). The number of halogens is 3. The molecule has 2 aromatic rings. The Labute approximate surface area is 165 Å². The van der Waals surface area contributed by atoms with Crippen molar-refractivity contribution in [2.75, 3.05) is 25.5 Å². The number of rotatable bonds is 3. The zero-order chi connectivity index (χ0) is 19.0. The first-order valence-corrected chi connectivity index (χ1v) is 9.15. The van der Waals surface area contributed by atoms with Gasteiger partial charge in [-0.05, 0) is 31.0 Å². The summed E-state index contributed by atoms with van der Waals surface area (Å²) in [7, 11) is 3.42. The smallest absolute Gasteiger partial charge is 0.292 e. The van der Waals surface area contributed by atoms with Crippen molar-refractivity contribution in [2.24, 2.45) is 0 Å². The van der Waals surface area contributed by atoms with E-state index in [4.69, 9.17) is 34.8 Å². The van der Waals surface area contributed by atoms with Gasteiger partial charge in [0.15, 0.2) is 0 Å². The van der Waals surface area contributed by atoms with Crippen molar-refractivity contribution >= 4 is 46.4 Å². The maximum atomic E-state index is 12.7. The lowest BCUT2D eigenvalue weighted by molar-refractivity contribution is -0.129. The molecule has 1 amide bonds. The molecule has 1 atom stereocenters. The van der Waals surface area contributed by atoms with Gasteiger partial charge in [0.05, 0.1) is 22.6 Å². The number of aromatic nitrogens is 2. The molecule has 1 saturated heterocycles. The molecule has 26 heavy (non-hydrogen) atoms. The van der Waals surface area contributed by atoms with Gasteiger partial charge in [-0.25, -0.2) is 0 Å². The number of hydrogen-bond donors (Lipinski definition) is 0. The van der Waals surface area contributed by atoms with E-state index in [0.29, 0.717) is 29.4 Å². The molecule has 6 nitrogen and oxygen atoms in total. The van der Waals surface area contributed by atoms with Gasteiger partial charge in [-0.3, -0.25) is 9.59 Å². The number of amides is 1. The summed E-state index contributed by atoms with van der Waals surface area (Å²) in [6, 6.07) is 4.40. The van der Waals surface area contributed by atoms with Crippen LogP contribution in [0.5, 0.6) is 0 Å². The molecule has 2 heterocycles. The van der Waals surface area contributed by atoms with Gasteiger partial charge in [-0.1, -0.05) is 34.8 Å². The van der Waals surface area contributed by atoms with Gasteiger partial charge in [0, 0.05) is 25.7 Å². The van der Waals surface area contributed by atoms with Crippen molar-refractivity contribution < 1.29 is 4.79 Å². The van der Waals surface area contributed by atoms with Crippen molar-refractivity contribution in [1.82, 2.24) is 14.7 Å². The number of carbonyl (C=O) groups excluding carboxylic acids is 1. The van der Waals surface area contributed by atoms with Crippen molar-refractivity contribution in [2.45, 2.75) is 18.9 Å². The van der Waals surface area contributed by atoms with E-state index < -0.39 is 5.56 Å². The van der Waals surface area contributed by atoms with E-state index in [2.05, 4.69) is 5.10 Å². The molecule has 1 aromatic carbocycles. The fourth-order valence-corrected chi connectivity index (χ4v) is 3.78. The number of carbonyl (C=O) groups is 1. The van der Waals surface area contributed by atoms with E-state index >= 15 is 0 Å². The Hall–Kier alpha value is -1.76. The minimum atomic E-state index is -0.503. The van der Waals surface area contributed by atoms with Gasteiger partial charge in [0.1, 0.15) is 11.1 Å². The SMILES string of the molecule is CN(C)C(=O)C1CCCN1c1cnn(-c2ccc(Cl)cc2Cl)c(=O)c1Cl. The third kappa shape index (κ3) is 3.41. The molecular formula is C17H17Cl3N4O2. The van der Waals surface area contributed by atoms with Gasteiger partial charge < -0.3 is 9.80 Å². The van der Waals surface area contributed by atoms with Gasteiger partial charge >= 0.3 is 0 Å². The monoisotopic (exact) mass is 414 g/mol. The fourth-order valence-electron chi connectivity index (χ4n) is 3.06. The summed E-state index contributed by atoms with van der Waals surface area (Å²) in [6.07, 6.45) is 3.04. The highest BCUT2D eigenvalue weighted by Gasteiger charge is 2.34. The maximum absolute atomic E-state index is 12.7. The lowest BCUT2D eigenvalue weighted by Gasteiger charge is -2.28. The Bertz CT molecular complexity index is 913. The molecule has 9 heteroatoms. The summed E-state index contributed by atoms with van der Waals surface area (Å²) in [5.41, 5.74) is 0.337. The molecule has 1 aliphatic heterocycles. The number of anilines is 1. The normalized spacial score (nSPS) is 16.8. The molecule has 1 unspecified atom stereocenters. The van der Waals surface area contributed by atoms with Crippen LogP contribution in [0.3, 0.4) is 0 Å². The molecule has 1 aromatic heterocycles. The molecule has 0 bridgehead atoms. The molecule has 1 fully saturated rings. The van der Waals surface area contributed by atoms with Gasteiger partial charge in [-0.2, -0.15) is 9.78 Å². The van der Waals surface area contributed by atoms with E-state index in [1.54, 1.807) is 31.1 Å². The summed E-state index contributed by atoms with van der Waals surface area (Å²) in [5, 5.41) is 4.96. The Morgan fingerprint density at radius 3 is 2.62 bits per heavy atom. The maximum Gasteiger partial charge on any atom is 0.292 e. The average molecular weight is 416 g/mol. The Balaban J connectivity index is 2.03. The third-order valence-electron chi connectivity index (χ3n) is 4.33. The molecule has 0 aliphatic carbocycles. The second-order valence-corrected chi connectivity index (χ2v) is 7.46. The van der Waals surface area contributed by atoms with E-state index in [1.807, 2.05) is 4.90 Å². The number of nitrogens with zero attached hydrogens (tertiary/aromatic N) is 4. The number of likely N-dealkylation sites (N-methyl/N-ethyl adjacent to an activating group) is 1. The summed E-state index contributed by atoms with van der Waals surface area (Å²) in [4.78, 5) is 28.5. The van der Waals surface area contributed by atoms with Crippen LogP contribution < -0.4 is 10.5 Å². The van der Waals surface area contributed by atoms with Crippen LogP contribution >= 0.6 is 34.8 Å². The molecule has 0 saturated carbocycles. The van der Waals surface area contributed by atoms with Crippen LogP contribution in [0.2, 0.25) is 15.1 Å². The van der Waals surface area contributed by atoms with Crippen LogP contribution in [-0.2, 0) is 4.79 Å².